The van der Waals surface area contributed by atoms with Crippen molar-refractivity contribution in [2.75, 3.05) is 20.6 Å². The van der Waals surface area contributed by atoms with E-state index < -0.39 is 10.0 Å². The third-order valence-corrected chi connectivity index (χ3v) is 7.13. The molecule has 8 heteroatoms. The predicted octanol–water partition coefficient (Wildman–Crippen LogP) is 4.76. The molecule has 1 aliphatic heterocycles. The number of rotatable bonds is 4. The average molecular weight is 481 g/mol. The Morgan fingerprint density at radius 2 is 1.64 bits per heavy atom. The molecule has 1 atom stereocenters. The van der Waals surface area contributed by atoms with Crippen LogP contribution in [0.3, 0.4) is 0 Å². The van der Waals surface area contributed by atoms with Gasteiger partial charge in [0.2, 0.25) is 5.96 Å². The first-order valence-electron chi connectivity index (χ1n) is 10.5. The molecule has 0 bridgehead atoms. The van der Waals surface area contributed by atoms with Crippen LogP contribution in [0.25, 0.3) is 0 Å². The second-order valence-corrected chi connectivity index (χ2v) is 10.1. The molecule has 1 unspecified atom stereocenters. The highest BCUT2D eigenvalue weighted by atomic mass is 35.5. The molecule has 3 aromatic carbocycles. The number of sulfonamides is 1. The Morgan fingerprint density at radius 3 is 2.27 bits per heavy atom. The summed E-state index contributed by atoms with van der Waals surface area (Å²) in [4.78, 5) is 1.86. The van der Waals surface area contributed by atoms with Gasteiger partial charge in [0, 0.05) is 25.0 Å². The maximum absolute atomic E-state index is 13.2. The topological polar surface area (TPSA) is 65.3 Å². The van der Waals surface area contributed by atoms with E-state index in [9.17, 15) is 8.42 Å². The molecule has 1 heterocycles. The number of aryl methyl sites for hydroxylation is 1. The van der Waals surface area contributed by atoms with Crippen LogP contribution in [0.1, 0.15) is 22.6 Å². The van der Waals surface area contributed by atoms with E-state index in [1.807, 2.05) is 42.5 Å². The van der Waals surface area contributed by atoms with Gasteiger partial charge in [-0.25, -0.2) is 5.01 Å². The molecular formula is C25H25ClN4O2S. The Hall–Kier alpha value is -3.16. The van der Waals surface area contributed by atoms with E-state index in [4.69, 9.17) is 16.7 Å². The first-order valence-corrected chi connectivity index (χ1v) is 12.3. The summed E-state index contributed by atoms with van der Waals surface area (Å²) in [6, 6.07) is 24.4. The minimum absolute atomic E-state index is 0.0568. The van der Waals surface area contributed by atoms with E-state index in [-0.39, 0.29) is 16.8 Å². The van der Waals surface area contributed by atoms with Crippen LogP contribution in [0.4, 0.5) is 0 Å². The summed E-state index contributed by atoms with van der Waals surface area (Å²) in [6.07, 6.45) is 0. The van der Waals surface area contributed by atoms with Crippen LogP contribution in [-0.4, -0.2) is 50.6 Å². The van der Waals surface area contributed by atoms with Crippen molar-refractivity contribution in [2.45, 2.75) is 17.7 Å². The molecule has 6 nitrogen and oxygen atoms in total. The number of hydrogen-bond donors (Lipinski definition) is 0. The van der Waals surface area contributed by atoms with E-state index in [1.165, 1.54) is 0 Å². The lowest BCUT2D eigenvalue weighted by Crippen LogP contribution is -2.37. The van der Waals surface area contributed by atoms with E-state index in [1.54, 1.807) is 55.2 Å². The Kier molecular flexibility index (Phi) is 6.54. The van der Waals surface area contributed by atoms with E-state index >= 15 is 0 Å². The molecule has 0 spiro atoms. The van der Waals surface area contributed by atoms with Gasteiger partial charge in [-0.05, 0) is 41.8 Å². The maximum Gasteiger partial charge on any atom is 0.285 e. The van der Waals surface area contributed by atoms with Crippen LogP contribution in [0.5, 0.6) is 0 Å². The summed E-state index contributed by atoms with van der Waals surface area (Å²) in [5.41, 5.74) is 3.50. The van der Waals surface area contributed by atoms with Crippen LogP contribution in [-0.2, 0) is 10.0 Å². The zero-order chi connectivity index (χ0) is 23.6. The molecule has 0 amide bonds. The maximum atomic E-state index is 13.2. The van der Waals surface area contributed by atoms with Crippen molar-refractivity contribution in [2.24, 2.45) is 9.50 Å². The number of hydrazone groups is 1. The van der Waals surface area contributed by atoms with Crippen LogP contribution in [0.15, 0.2) is 93.3 Å². The highest BCUT2D eigenvalue weighted by molar-refractivity contribution is 7.90. The second kappa shape index (κ2) is 9.37. The van der Waals surface area contributed by atoms with Crippen molar-refractivity contribution >= 4 is 33.3 Å². The first-order chi connectivity index (χ1) is 15.8. The molecule has 0 saturated heterocycles. The van der Waals surface area contributed by atoms with E-state index in [0.29, 0.717) is 17.1 Å². The number of benzene rings is 3. The highest BCUT2D eigenvalue weighted by Crippen LogP contribution is 2.30. The Bertz CT molecular complexity index is 1300. The quantitative estimate of drug-likeness (QED) is 0.399. The van der Waals surface area contributed by atoms with Gasteiger partial charge in [0.05, 0.1) is 17.2 Å². The number of nitrogens with zero attached hydrogens (tertiary/aromatic N) is 4. The van der Waals surface area contributed by atoms with Gasteiger partial charge in [0.25, 0.3) is 10.0 Å². The van der Waals surface area contributed by atoms with Gasteiger partial charge in [0.1, 0.15) is 0 Å². The molecule has 33 heavy (non-hydrogen) atoms. The monoisotopic (exact) mass is 480 g/mol. The zero-order valence-electron chi connectivity index (χ0n) is 18.7. The molecule has 3 aromatic rings. The van der Waals surface area contributed by atoms with Gasteiger partial charge >= 0.3 is 0 Å². The third-order valence-electron chi connectivity index (χ3n) is 5.46. The van der Waals surface area contributed by atoms with Crippen molar-refractivity contribution in [1.29, 1.82) is 0 Å². The number of halogens is 1. The van der Waals surface area contributed by atoms with Crippen LogP contribution >= 0.6 is 11.6 Å². The summed E-state index contributed by atoms with van der Waals surface area (Å²) in [7, 11) is -0.398. The highest BCUT2D eigenvalue weighted by Gasteiger charge is 2.33. The van der Waals surface area contributed by atoms with E-state index in [2.05, 4.69) is 16.5 Å². The predicted molar refractivity (Wildman–Crippen MR) is 133 cm³/mol. The summed E-state index contributed by atoms with van der Waals surface area (Å²) in [5.74, 6) is 0.196. The fourth-order valence-electron chi connectivity index (χ4n) is 3.82. The standard InChI is InChI=1S/C25H25ClN4O2S/c1-18-9-7-8-12-23(18)33(31,32)28-25(29(2)3)30-17-22(19-10-5-4-6-11-19)24(27-30)20-13-15-21(26)16-14-20/h4-16,22H,17H2,1-3H3. The molecule has 0 N–H and O–H groups in total. The van der Waals surface area contributed by atoms with Crippen molar-refractivity contribution in [3.8, 4) is 0 Å². The van der Waals surface area contributed by atoms with Crippen molar-refractivity contribution in [1.82, 2.24) is 9.91 Å². The van der Waals surface area contributed by atoms with Crippen LogP contribution in [0, 0.1) is 6.92 Å². The molecule has 1 aliphatic rings. The molecule has 0 aromatic heterocycles. The minimum atomic E-state index is -3.92. The fraction of sp³-hybridized carbons (Fsp3) is 0.200. The van der Waals surface area contributed by atoms with Gasteiger partial charge in [-0.2, -0.15) is 13.5 Å². The number of hydrogen-bond acceptors (Lipinski definition) is 3. The van der Waals surface area contributed by atoms with Crippen LogP contribution in [0.2, 0.25) is 5.02 Å². The molecule has 0 fully saturated rings. The van der Waals surface area contributed by atoms with Crippen molar-refractivity contribution in [3.05, 3.63) is 101 Å². The Labute approximate surface area is 199 Å². The SMILES string of the molecule is Cc1ccccc1S(=O)(=O)N=C(N(C)C)N1CC(c2ccccc2)C(c2ccc(Cl)cc2)=N1. The molecular weight excluding hydrogens is 456 g/mol. The second-order valence-electron chi connectivity index (χ2n) is 8.06. The number of guanidine groups is 1. The lowest BCUT2D eigenvalue weighted by Gasteiger charge is -2.23. The molecule has 4 rings (SSSR count). The zero-order valence-corrected chi connectivity index (χ0v) is 20.3. The largest absolute Gasteiger partial charge is 0.347 e. The Balaban J connectivity index is 1.79. The summed E-state index contributed by atoms with van der Waals surface area (Å²) < 4.78 is 30.5. The lowest BCUT2D eigenvalue weighted by molar-refractivity contribution is 0.404. The normalized spacial score (nSPS) is 16.6. The summed E-state index contributed by atoms with van der Waals surface area (Å²) in [5, 5.41) is 7.15. The minimum Gasteiger partial charge on any atom is -0.347 e. The summed E-state index contributed by atoms with van der Waals surface area (Å²) >= 11 is 6.09. The fourth-order valence-corrected chi connectivity index (χ4v) is 5.24. The van der Waals surface area contributed by atoms with Gasteiger partial charge in [-0.1, -0.05) is 72.3 Å². The van der Waals surface area contributed by atoms with Crippen molar-refractivity contribution < 1.29 is 8.42 Å². The lowest BCUT2D eigenvalue weighted by atomic mass is 9.91. The molecule has 0 aliphatic carbocycles. The van der Waals surface area contributed by atoms with Gasteiger partial charge in [-0.3, -0.25) is 0 Å². The molecule has 0 saturated carbocycles. The first kappa shape index (κ1) is 23.0. The van der Waals surface area contributed by atoms with Crippen molar-refractivity contribution in [3.63, 3.8) is 0 Å². The average Bonchev–Trinajstić information content (AvgIpc) is 3.24. The molecule has 170 valence electrons. The summed E-state index contributed by atoms with van der Waals surface area (Å²) in [6.45, 7) is 2.22. The molecule has 0 radical (unpaired) electrons. The van der Waals surface area contributed by atoms with E-state index in [0.717, 1.165) is 16.8 Å². The Morgan fingerprint density at radius 1 is 1.00 bits per heavy atom. The third kappa shape index (κ3) is 4.94. The van der Waals surface area contributed by atoms with Crippen LogP contribution < -0.4 is 0 Å². The van der Waals surface area contributed by atoms with Gasteiger partial charge in [0.15, 0.2) is 0 Å². The smallest absolute Gasteiger partial charge is 0.285 e. The van der Waals surface area contributed by atoms with Gasteiger partial charge in [-0.15, -0.1) is 4.40 Å². The van der Waals surface area contributed by atoms with Gasteiger partial charge < -0.3 is 4.90 Å².